The molecule has 5 nitrogen and oxygen atoms in total. The first-order chi connectivity index (χ1) is 8.27. The molecule has 1 saturated heterocycles. The van der Waals surface area contributed by atoms with Gasteiger partial charge in [0.05, 0.1) is 16.8 Å². The number of alkyl halides is 1. The fourth-order valence-corrected chi connectivity index (χ4v) is 5.61. The van der Waals surface area contributed by atoms with Crippen molar-refractivity contribution in [3.8, 4) is 0 Å². The Bertz CT molecular complexity index is 446. The summed E-state index contributed by atoms with van der Waals surface area (Å²) in [5.41, 5.74) is 0. The van der Waals surface area contributed by atoms with Gasteiger partial charge in [0.25, 0.3) is 0 Å². The first-order valence-electron chi connectivity index (χ1n) is 6.02. The van der Waals surface area contributed by atoms with Crippen LogP contribution in [-0.4, -0.2) is 46.0 Å². The van der Waals surface area contributed by atoms with Crippen LogP contribution in [0.5, 0.6) is 0 Å². The Kier molecular flexibility index (Phi) is 5.89. The standard InChI is InChI=1S/C10H20ClNO4S2/c1-9(2-5-11)8-12-18(15,16)10-3-6-17(13,14)7-4-10/h9-10,12H,2-8H2,1H3. The van der Waals surface area contributed by atoms with Gasteiger partial charge in [0.2, 0.25) is 10.0 Å². The molecule has 1 heterocycles. The first-order valence-corrected chi connectivity index (χ1v) is 9.92. The molecule has 8 heteroatoms. The lowest BCUT2D eigenvalue weighted by atomic mass is 10.1. The molecule has 0 spiro atoms. The summed E-state index contributed by atoms with van der Waals surface area (Å²) in [7, 11) is -6.43. The fourth-order valence-electron chi connectivity index (χ4n) is 1.84. The van der Waals surface area contributed by atoms with Gasteiger partial charge in [-0.2, -0.15) is 0 Å². The lowest BCUT2D eigenvalue weighted by Crippen LogP contribution is -2.41. The quantitative estimate of drug-likeness (QED) is 0.733. The number of sulfone groups is 1. The minimum Gasteiger partial charge on any atom is -0.229 e. The molecule has 1 atom stereocenters. The monoisotopic (exact) mass is 317 g/mol. The summed E-state index contributed by atoms with van der Waals surface area (Å²) in [6, 6.07) is 0. The van der Waals surface area contributed by atoms with E-state index in [1.807, 2.05) is 6.92 Å². The van der Waals surface area contributed by atoms with Gasteiger partial charge in [-0.25, -0.2) is 21.6 Å². The van der Waals surface area contributed by atoms with E-state index in [0.29, 0.717) is 12.4 Å². The highest BCUT2D eigenvalue weighted by molar-refractivity contribution is 7.92. The summed E-state index contributed by atoms with van der Waals surface area (Å²) < 4.78 is 49.0. The summed E-state index contributed by atoms with van der Waals surface area (Å²) in [5.74, 6) is 0.625. The molecular weight excluding hydrogens is 298 g/mol. The average Bonchev–Trinajstić information content (AvgIpc) is 2.26. The summed E-state index contributed by atoms with van der Waals surface area (Å²) in [6.07, 6.45) is 1.15. The highest BCUT2D eigenvalue weighted by Crippen LogP contribution is 2.18. The number of hydrogen-bond donors (Lipinski definition) is 1. The number of halogens is 1. The van der Waals surface area contributed by atoms with Crippen LogP contribution in [0.15, 0.2) is 0 Å². The lowest BCUT2D eigenvalue weighted by molar-refractivity contribution is 0.513. The number of sulfonamides is 1. The molecule has 0 aromatic rings. The predicted octanol–water partition coefficient (Wildman–Crippen LogP) is 0.748. The molecule has 0 amide bonds. The van der Waals surface area contributed by atoms with Gasteiger partial charge in [0.15, 0.2) is 0 Å². The predicted molar refractivity (Wildman–Crippen MR) is 73.1 cm³/mol. The minimum absolute atomic E-state index is 0.0319. The van der Waals surface area contributed by atoms with Crippen LogP contribution >= 0.6 is 11.6 Å². The van der Waals surface area contributed by atoms with E-state index >= 15 is 0 Å². The van der Waals surface area contributed by atoms with Crippen molar-refractivity contribution in [3.05, 3.63) is 0 Å². The molecule has 0 saturated carbocycles. The van der Waals surface area contributed by atoms with E-state index in [1.165, 1.54) is 0 Å². The fraction of sp³-hybridized carbons (Fsp3) is 1.00. The topological polar surface area (TPSA) is 80.3 Å². The van der Waals surface area contributed by atoms with Crippen LogP contribution in [-0.2, 0) is 19.9 Å². The zero-order valence-corrected chi connectivity index (χ0v) is 12.8. The van der Waals surface area contributed by atoms with Gasteiger partial charge in [0, 0.05) is 12.4 Å². The molecule has 1 fully saturated rings. The van der Waals surface area contributed by atoms with Gasteiger partial charge in [-0.05, 0) is 25.2 Å². The molecule has 1 aliphatic rings. The van der Waals surface area contributed by atoms with Crippen LogP contribution in [0.2, 0.25) is 0 Å². The van der Waals surface area contributed by atoms with Crippen LogP contribution in [0.4, 0.5) is 0 Å². The highest BCUT2D eigenvalue weighted by atomic mass is 35.5. The molecule has 0 bridgehead atoms. The van der Waals surface area contributed by atoms with Crippen molar-refractivity contribution in [3.63, 3.8) is 0 Å². The molecule has 18 heavy (non-hydrogen) atoms. The average molecular weight is 318 g/mol. The van der Waals surface area contributed by atoms with E-state index in [9.17, 15) is 16.8 Å². The van der Waals surface area contributed by atoms with Crippen molar-refractivity contribution in [1.82, 2.24) is 4.72 Å². The van der Waals surface area contributed by atoms with Gasteiger partial charge in [-0.1, -0.05) is 6.92 Å². The minimum atomic E-state index is -3.40. The second-order valence-corrected chi connectivity index (χ2v) is 9.55. The third-order valence-corrected chi connectivity index (χ3v) is 7.03. The van der Waals surface area contributed by atoms with E-state index in [4.69, 9.17) is 11.6 Å². The van der Waals surface area contributed by atoms with E-state index < -0.39 is 25.1 Å². The summed E-state index contributed by atoms with van der Waals surface area (Å²) in [5, 5.41) is -0.579. The van der Waals surface area contributed by atoms with Crippen LogP contribution in [0, 0.1) is 5.92 Å². The highest BCUT2D eigenvalue weighted by Gasteiger charge is 2.32. The van der Waals surface area contributed by atoms with E-state index in [0.717, 1.165) is 6.42 Å². The van der Waals surface area contributed by atoms with Gasteiger partial charge in [-0.3, -0.25) is 0 Å². The van der Waals surface area contributed by atoms with Gasteiger partial charge in [-0.15, -0.1) is 11.6 Å². The van der Waals surface area contributed by atoms with Crippen molar-refractivity contribution in [2.45, 2.75) is 31.4 Å². The Morgan fingerprint density at radius 2 is 1.89 bits per heavy atom. The maximum atomic E-state index is 12.0. The molecule has 0 aromatic heterocycles. The Labute approximate surface area is 114 Å². The number of rotatable bonds is 6. The molecule has 1 N–H and O–H groups in total. The molecular formula is C10H20ClNO4S2. The van der Waals surface area contributed by atoms with Crippen molar-refractivity contribution in [2.24, 2.45) is 5.92 Å². The van der Waals surface area contributed by atoms with Gasteiger partial charge >= 0.3 is 0 Å². The normalized spacial score (nSPS) is 22.8. The van der Waals surface area contributed by atoms with Crippen LogP contribution in [0.3, 0.4) is 0 Å². The van der Waals surface area contributed by atoms with Crippen LogP contribution < -0.4 is 4.72 Å². The zero-order chi connectivity index (χ0) is 13.8. The van der Waals surface area contributed by atoms with E-state index in [1.54, 1.807) is 0 Å². The van der Waals surface area contributed by atoms with Crippen LogP contribution in [0.25, 0.3) is 0 Å². The Hall–Kier alpha value is 0.150. The smallest absolute Gasteiger partial charge is 0.214 e. The summed E-state index contributed by atoms with van der Waals surface area (Å²) >= 11 is 5.58. The second-order valence-electron chi connectivity index (χ2n) is 4.83. The van der Waals surface area contributed by atoms with Gasteiger partial charge < -0.3 is 0 Å². The number of hydrogen-bond acceptors (Lipinski definition) is 4. The summed E-state index contributed by atoms with van der Waals surface area (Å²) in [4.78, 5) is 0. The first kappa shape index (κ1) is 16.2. The van der Waals surface area contributed by atoms with Crippen molar-refractivity contribution in [1.29, 1.82) is 0 Å². The molecule has 0 aliphatic carbocycles. The third kappa shape index (κ3) is 5.03. The Morgan fingerprint density at radius 3 is 2.39 bits per heavy atom. The largest absolute Gasteiger partial charge is 0.229 e. The SMILES string of the molecule is CC(CCCl)CNS(=O)(=O)C1CCS(=O)(=O)CC1. The van der Waals surface area contributed by atoms with E-state index in [-0.39, 0.29) is 30.3 Å². The molecule has 108 valence electrons. The molecule has 1 aliphatic heterocycles. The molecule has 0 aromatic carbocycles. The lowest BCUT2D eigenvalue weighted by Gasteiger charge is -2.23. The maximum Gasteiger partial charge on any atom is 0.214 e. The molecule has 1 rings (SSSR count). The van der Waals surface area contributed by atoms with Crippen LogP contribution in [0.1, 0.15) is 26.2 Å². The maximum absolute atomic E-state index is 12.0. The zero-order valence-electron chi connectivity index (χ0n) is 10.4. The number of nitrogens with one attached hydrogen (secondary N) is 1. The van der Waals surface area contributed by atoms with Crippen molar-refractivity contribution in [2.75, 3.05) is 23.9 Å². The second kappa shape index (κ2) is 6.54. The summed E-state index contributed by atoms with van der Waals surface area (Å²) in [6.45, 7) is 2.29. The Balaban J connectivity index is 2.50. The Morgan fingerprint density at radius 1 is 1.33 bits per heavy atom. The molecule has 0 radical (unpaired) electrons. The van der Waals surface area contributed by atoms with Crippen molar-refractivity contribution < 1.29 is 16.8 Å². The third-order valence-electron chi connectivity index (χ3n) is 3.18. The van der Waals surface area contributed by atoms with E-state index in [2.05, 4.69) is 4.72 Å². The van der Waals surface area contributed by atoms with Gasteiger partial charge in [0.1, 0.15) is 9.84 Å². The molecule has 1 unspecified atom stereocenters. The van der Waals surface area contributed by atoms with Crippen molar-refractivity contribution >= 4 is 31.5 Å².